The summed E-state index contributed by atoms with van der Waals surface area (Å²) in [5.41, 5.74) is -0.388. The molecule has 6 heteroatoms. The van der Waals surface area contributed by atoms with Gasteiger partial charge in [0.15, 0.2) is 6.61 Å². The van der Waals surface area contributed by atoms with E-state index in [1.54, 1.807) is 12.3 Å². The summed E-state index contributed by atoms with van der Waals surface area (Å²) in [5, 5.41) is 2.80. The van der Waals surface area contributed by atoms with Gasteiger partial charge in [0.25, 0.3) is 5.91 Å². The number of rotatable bonds is 5. The largest absolute Gasteiger partial charge is 0.467 e. The highest BCUT2D eigenvalue weighted by Crippen LogP contribution is 2.64. The van der Waals surface area contributed by atoms with Gasteiger partial charge in [-0.1, -0.05) is 15.9 Å². The van der Waals surface area contributed by atoms with Gasteiger partial charge >= 0.3 is 5.97 Å². The van der Waals surface area contributed by atoms with Gasteiger partial charge in [0.1, 0.15) is 5.76 Å². The van der Waals surface area contributed by atoms with Crippen LogP contribution < -0.4 is 5.32 Å². The average Bonchev–Trinajstić information content (AvgIpc) is 3.04. The maximum absolute atomic E-state index is 12.8. The molecule has 5 nitrogen and oxygen atoms in total. The predicted octanol–water partition coefficient (Wildman–Crippen LogP) is 3.73. The van der Waals surface area contributed by atoms with Gasteiger partial charge in [0, 0.05) is 4.32 Å². The minimum Gasteiger partial charge on any atom is -0.467 e. The fraction of sp³-hybridized carbons (Fsp3) is 0.684. The predicted molar refractivity (Wildman–Crippen MR) is 95.0 cm³/mol. The number of halogens is 1. The first-order chi connectivity index (χ1) is 11.9. The lowest BCUT2D eigenvalue weighted by molar-refractivity contribution is -0.171. The fourth-order valence-electron chi connectivity index (χ4n) is 5.57. The van der Waals surface area contributed by atoms with Crippen LogP contribution in [0.2, 0.25) is 0 Å². The molecule has 5 atom stereocenters. The first kappa shape index (κ1) is 17.1. The Morgan fingerprint density at radius 2 is 2.08 bits per heavy atom. The van der Waals surface area contributed by atoms with Gasteiger partial charge in [0.2, 0.25) is 0 Å². The first-order valence-electron chi connectivity index (χ1n) is 9.06. The van der Waals surface area contributed by atoms with Crippen molar-refractivity contribution >= 4 is 27.8 Å². The van der Waals surface area contributed by atoms with E-state index in [0.29, 0.717) is 17.6 Å². The molecule has 25 heavy (non-hydrogen) atoms. The third kappa shape index (κ3) is 3.25. The molecule has 0 spiro atoms. The van der Waals surface area contributed by atoms with Crippen LogP contribution in [0, 0.1) is 17.3 Å². The Morgan fingerprint density at radius 1 is 1.36 bits per heavy atom. The highest BCUT2D eigenvalue weighted by atomic mass is 79.9. The molecule has 4 saturated carbocycles. The summed E-state index contributed by atoms with van der Waals surface area (Å²) in [6.45, 7) is 1.61. The van der Waals surface area contributed by atoms with Gasteiger partial charge in [-0.25, -0.2) is 0 Å². The average molecular weight is 410 g/mol. The lowest BCUT2D eigenvalue weighted by Crippen LogP contribution is -2.56. The Balaban J connectivity index is 1.34. The lowest BCUT2D eigenvalue weighted by Gasteiger charge is -2.58. The van der Waals surface area contributed by atoms with E-state index in [1.807, 2.05) is 13.0 Å². The molecule has 5 rings (SSSR count). The number of hydrogen-bond acceptors (Lipinski definition) is 4. The minimum atomic E-state index is -0.388. The van der Waals surface area contributed by atoms with Crippen LogP contribution in [0.4, 0.5) is 0 Å². The van der Waals surface area contributed by atoms with Crippen LogP contribution >= 0.6 is 15.9 Å². The number of carbonyl (C=O) groups excluding carboxylic acids is 2. The molecule has 1 heterocycles. The summed E-state index contributed by atoms with van der Waals surface area (Å²) in [4.78, 5) is 24.9. The van der Waals surface area contributed by atoms with Crippen molar-refractivity contribution in [1.82, 2.24) is 5.32 Å². The quantitative estimate of drug-likeness (QED) is 0.593. The standard InChI is InChI=1S/C19H24BrNO4/c1-12(15-3-2-4-24-15)21-16(22)10-25-17(23)18-6-13-5-14(7-18)9-19(20,8-13)11-18/h2-4,12-14H,5-11H2,1H3,(H,21,22)/t12-,13-,14+,18?,19?/m0/s1. The summed E-state index contributed by atoms with van der Waals surface area (Å²) in [6, 6.07) is 3.34. The van der Waals surface area contributed by atoms with Crippen molar-refractivity contribution in [3.8, 4) is 0 Å². The van der Waals surface area contributed by atoms with Crippen molar-refractivity contribution in [2.24, 2.45) is 17.3 Å². The van der Waals surface area contributed by atoms with Crippen molar-refractivity contribution in [2.75, 3.05) is 6.61 Å². The molecule has 2 unspecified atom stereocenters. The Labute approximate surface area is 156 Å². The van der Waals surface area contributed by atoms with E-state index in [-0.39, 0.29) is 34.3 Å². The van der Waals surface area contributed by atoms with Crippen LogP contribution in [0.15, 0.2) is 22.8 Å². The highest BCUT2D eigenvalue weighted by Gasteiger charge is 2.60. The second-order valence-corrected chi connectivity index (χ2v) is 9.96. The molecule has 136 valence electrons. The summed E-state index contributed by atoms with van der Waals surface area (Å²) < 4.78 is 10.8. The maximum atomic E-state index is 12.8. The molecular formula is C19H24BrNO4. The number of esters is 1. The summed E-state index contributed by atoms with van der Waals surface area (Å²) >= 11 is 3.90. The van der Waals surface area contributed by atoms with Gasteiger partial charge in [-0.15, -0.1) is 0 Å². The monoisotopic (exact) mass is 409 g/mol. The molecule has 4 aliphatic rings. The van der Waals surface area contributed by atoms with E-state index >= 15 is 0 Å². The number of furan rings is 1. The second-order valence-electron chi connectivity index (χ2n) is 8.27. The van der Waals surface area contributed by atoms with Crippen LogP contribution in [0.5, 0.6) is 0 Å². The van der Waals surface area contributed by atoms with Crippen LogP contribution in [0.25, 0.3) is 0 Å². The molecule has 1 aromatic rings. The van der Waals surface area contributed by atoms with Gasteiger partial charge in [-0.05, 0) is 69.4 Å². The number of ether oxygens (including phenoxy) is 1. The molecular weight excluding hydrogens is 386 g/mol. The molecule has 0 aliphatic heterocycles. The zero-order chi connectivity index (χ0) is 17.7. The maximum Gasteiger partial charge on any atom is 0.312 e. The van der Waals surface area contributed by atoms with Crippen molar-refractivity contribution in [3.63, 3.8) is 0 Å². The fourth-order valence-corrected chi connectivity index (χ4v) is 7.02. The lowest BCUT2D eigenvalue weighted by atomic mass is 9.49. The molecule has 0 aromatic carbocycles. The second kappa shape index (κ2) is 6.15. The molecule has 0 saturated heterocycles. The summed E-state index contributed by atoms with van der Waals surface area (Å²) in [7, 11) is 0. The van der Waals surface area contributed by atoms with E-state index in [1.165, 1.54) is 19.3 Å². The summed E-state index contributed by atoms with van der Waals surface area (Å²) in [5.74, 6) is 1.42. The number of amides is 1. The highest BCUT2D eigenvalue weighted by molar-refractivity contribution is 9.10. The van der Waals surface area contributed by atoms with E-state index in [9.17, 15) is 9.59 Å². The zero-order valence-electron chi connectivity index (χ0n) is 14.4. The number of nitrogens with one attached hydrogen (secondary N) is 1. The van der Waals surface area contributed by atoms with E-state index in [2.05, 4.69) is 21.2 Å². The third-order valence-electron chi connectivity index (χ3n) is 6.10. The van der Waals surface area contributed by atoms with Crippen molar-refractivity contribution in [2.45, 2.75) is 55.8 Å². The van der Waals surface area contributed by atoms with Gasteiger partial charge in [-0.3, -0.25) is 9.59 Å². The zero-order valence-corrected chi connectivity index (χ0v) is 16.0. The molecule has 4 bridgehead atoms. The van der Waals surface area contributed by atoms with Gasteiger partial charge < -0.3 is 14.5 Å². The van der Waals surface area contributed by atoms with Crippen LogP contribution in [0.3, 0.4) is 0 Å². The number of carbonyl (C=O) groups is 2. The van der Waals surface area contributed by atoms with Crippen LogP contribution in [-0.2, 0) is 14.3 Å². The third-order valence-corrected chi connectivity index (χ3v) is 7.03. The topological polar surface area (TPSA) is 68.5 Å². The Morgan fingerprint density at radius 3 is 2.68 bits per heavy atom. The van der Waals surface area contributed by atoms with E-state index in [0.717, 1.165) is 19.3 Å². The Kier molecular flexibility index (Phi) is 4.21. The molecule has 1 N–H and O–H groups in total. The molecule has 1 aromatic heterocycles. The molecule has 4 aliphatic carbocycles. The van der Waals surface area contributed by atoms with E-state index in [4.69, 9.17) is 9.15 Å². The Hall–Kier alpha value is -1.30. The van der Waals surface area contributed by atoms with Crippen LogP contribution in [0.1, 0.15) is 57.3 Å². The smallest absolute Gasteiger partial charge is 0.312 e. The molecule has 0 radical (unpaired) electrons. The number of hydrogen-bond donors (Lipinski definition) is 1. The SMILES string of the molecule is C[C@H](NC(=O)COC(=O)C12C[C@@H]3C[C@@H](CC(Br)(C3)C1)C2)c1ccco1. The minimum absolute atomic E-state index is 0.103. The number of alkyl halides is 1. The van der Waals surface area contributed by atoms with Crippen molar-refractivity contribution in [3.05, 3.63) is 24.2 Å². The summed E-state index contributed by atoms with van der Waals surface area (Å²) in [6.07, 6.45) is 7.82. The molecule has 4 fully saturated rings. The van der Waals surface area contributed by atoms with Crippen molar-refractivity contribution < 1.29 is 18.7 Å². The first-order valence-corrected chi connectivity index (χ1v) is 9.86. The Bertz CT molecular complexity index is 657. The van der Waals surface area contributed by atoms with Gasteiger partial charge in [-0.2, -0.15) is 0 Å². The molecule has 1 amide bonds. The van der Waals surface area contributed by atoms with Gasteiger partial charge in [0.05, 0.1) is 17.7 Å². The normalized spacial score (nSPS) is 36.9. The van der Waals surface area contributed by atoms with Crippen molar-refractivity contribution in [1.29, 1.82) is 0 Å². The van der Waals surface area contributed by atoms with Crippen LogP contribution in [-0.4, -0.2) is 22.8 Å². The van der Waals surface area contributed by atoms with E-state index < -0.39 is 0 Å².